The minimum atomic E-state index is -0.978. The first kappa shape index (κ1) is 18.9. The lowest BCUT2D eigenvalue weighted by molar-refractivity contribution is 0.143. The van der Waals surface area contributed by atoms with E-state index in [-0.39, 0.29) is 23.4 Å². The number of piperidine rings is 1. The third-order valence-electron chi connectivity index (χ3n) is 6.37. The Bertz CT molecular complexity index is 1040. The maximum Gasteiger partial charge on any atom is 0.245 e. The summed E-state index contributed by atoms with van der Waals surface area (Å²) >= 11 is 0. The number of hydrogen-bond acceptors (Lipinski definition) is 7. The predicted molar refractivity (Wildman–Crippen MR) is 110 cm³/mol. The molecule has 0 unspecified atom stereocenters. The Balaban J connectivity index is 1.37. The molecule has 0 amide bonds. The maximum absolute atomic E-state index is 15.0. The summed E-state index contributed by atoms with van der Waals surface area (Å²) in [6.07, 6.45) is 8.25. The average Bonchev–Trinajstić information content (AvgIpc) is 3.39. The molecular weight excluding hydrogens is 385 g/mol. The standard InChI is InChI=1S/C21H24FN7O/c1-21-6-5-15(25-21)19(22)17(10-21)28(2)20-24-11-16(26-27-20)14-4-3-13(9-18(14)30)29-8-7-23-12-29/h3-4,7-9,11-12,15,17,19,25,30H,5-6,10H2,1-2H3/t15-,17+,19+,21+/m1/s1. The third kappa shape index (κ3) is 3.19. The molecule has 2 N–H and O–H groups in total. The number of rotatable bonds is 4. The van der Waals surface area contributed by atoms with Gasteiger partial charge in [0.15, 0.2) is 0 Å². The van der Waals surface area contributed by atoms with Crippen molar-refractivity contribution in [3.63, 3.8) is 0 Å². The maximum atomic E-state index is 15.0. The number of fused-ring (bicyclic) bond motifs is 2. The lowest BCUT2D eigenvalue weighted by Crippen LogP contribution is -2.60. The van der Waals surface area contributed by atoms with E-state index in [9.17, 15) is 9.50 Å². The van der Waals surface area contributed by atoms with Crippen LogP contribution in [0.25, 0.3) is 16.9 Å². The molecule has 0 saturated carbocycles. The Kier molecular flexibility index (Phi) is 4.43. The summed E-state index contributed by atoms with van der Waals surface area (Å²) in [6.45, 7) is 2.15. The van der Waals surface area contributed by atoms with Crippen molar-refractivity contribution in [3.8, 4) is 22.7 Å². The van der Waals surface area contributed by atoms with E-state index in [0.29, 0.717) is 23.6 Å². The van der Waals surface area contributed by atoms with Gasteiger partial charge in [0.05, 0.1) is 24.3 Å². The number of nitrogens with one attached hydrogen (secondary N) is 1. The highest BCUT2D eigenvalue weighted by atomic mass is 19.1. The van der Waals surface area contributed by atoms with Gasteiger partial charge in [-0.05, 0) is 38.3 Å². The molecule has 3 aromatic rings. The van der Waals surface area contributed by atoms with Crippen molar-refractivity contribution in [2.75, 3.05) is 11.9 Å². The zero-order chi connectivity index (χ0) is 20.9. The van der Waals surface area contributed by atoms with Gasteiger partial charge in [-0.1, -0.05) is 0 Å². The summed E-state index contributed by atoms with van der Waals surface area (Å²) < 4.78 is 16.8. The highest BCUT2D eigenvalue weighted by molar-refractivity contribution is 5.68. The highest BCUT2D eigenvalue weighted by Crippen LogP contribution is 2.39. The molecule has 2 aromatic heterocycles. The number of anilines is 1. The number of nitrogens with zero attached hydrogens (tertiary/aromatic N) is 6. The van der Waals surface area contributed by atoms with Gasteiger partial charge in [0.25, 0.3) is 0 Å². The van der Waals surface area contributed by atoms with E-state index in [2.05, 4.69) is 32.4 Å². The largest absolute Gasteiger partial charge is 0.507 e. The average molecular weight is 409 g/mol. The quantitative estimate of drug-likeness (QED) is 0.684. The first-order valence-corrected chi connectivity index (χ1v) is 10.1. The van der Waals surface area contributed by atoms with Crippen LogP contribution in [0.4, 0.5) is 10.3 Å². The smallest absolute Gasteiger partial charge is 0.245 e. The summed E-state index contributed by atoms with van der Waals surface area (Å²) in [7, 11) is 1.82. The number of hydrogen-bond donors (Lipinski definition) is 2. The second-order valence-electron chi connectivity index (χ2n) is 8.49. The first-order valence-electron chi connectivity index (χ1n) is 10.1. The molecule has 0 radical (unpaired) electrons. The van der Waals surface area contributed by atoms with Crippen molar-refractivity contribution in [2.24, 2.45) is 0 Å². The van der Waals surface area contributed by atoms with Gasteiger partial charge in [-0.2, -0.15) is 0 Å². The fourth-order valence-electron chi connectivity index (χ4n) is 4.67. The van der Waals surface area contributed by atoms with Crippen molar-refractivity contribution in [2.45, 2.75) is 50.0 Å². The fourth-order valence-corrected chi connectivity index (χ4v) is 4.67. The van der Waals surface area contributed by atoms with E-state index in [1.165, 1.54) is 0 Å². The van der Waals surface area contributed by atoms with Crippen LogP contribution in [-0.4, -0.2) is 60.7 Å². The Labute approximate surface area is 173 Å². The molecule has 1 aromatic carbocycles. The van der Waals surface area contributed by atoms with Crippen LogP contribution in [0.5, 0.6) is 5.75 Å². The predicted octanol–water partition coefficient (Wildman–Crippen LogP) is 2.49. The zero-order valence-corrected chi connectivity index (χ0v) is 16.9. The minimum absolute atomic E-state index is 0.0394. The van der Waals surface area contributed by atoms with Gasteiger partial charge in [-0.3, -0.25) is 0 Å². The van der Waals surface area contributed by atoms with Crippen LogP contribution in [0.15, 0.2) is 43.1 Å². The number of aromatic hydroxyl groups is 1. The monoisotopic (exact) mass is 409 g/mol. The molecule has 5 rings (SSSR count). The van der Waals surface area contributed by atoms with E-state index in [4.69, 9.17) is 0 Å². The van der Waals surface area contributed by atoms with E-state index in [1.807, 2.05) is 13.1 Å². The van der Waals surface area contributed by atoms with Crippen molar-refractivity contribution < 1.29 is 9.50 Å². The van der Waals surface area contributed by atoms with E-state index in [1.54, 1.807) is 46.5 Å². The molecule has 2 fully saturated rings. The number of phenolic OH excluding ortho intramolecular Hbond substituents is 1. The summed E-state index contributed by atoms with van der Waals surface area (Å²) in [5.41, 5.74) is 1.73. The Hall–Kier alpha value is -3.07. The van der Waals surface area contributed by atoms with Crippen LogP contribution in [0.2, 0.25) is 0 Å². The third-order valence-corrected chi connectivity index (χ3v) is 6.37. The second kappa shape index (κ2) is 7.02. The fraction of sp³-hybridized carbons (Fsp3) is 0.429. The Morgan fingerprint density at radius 1 is 1.33 bits per heavy atom. The van der Waals surface area contributed by atoms with Gasteiger partial charge in [0.2, 0.25) is 5.95 Å². The van der Waals surface area contributed by atoms with Crippen LogP contribution in [-0.2, 0) is 0 Å². The van der Waals surface area contributed by atoms with Crippen LogP contribution in [0.1, 0.15) is 26.2 Å². The number of imidazole rings is 1. The van der Waals surface area contributed by atoms with E-state index < -0.39 is 6.17 Å². The highest BCUT2D eigenvalue weighted by Gasteiger charge is 2.49. The van der Waals surface area contributed by atoms with E-state index in [0.717, 1.165) is 18.5 Å². The topological polar surface area (TPSA) is 92.0 Å². The number of benzene rings is 1. The number of aromatic nitrogens is 5. The summed E-state index contributed by atoms with van der Waals surface area (Å²) in [5.74, 6) is 0.455. The molecule has 4 heterocycles. The summed E-state index contributed by atoms with van der Waals surface area (Å²) in [6, 6.07) is 4.85. The Morgan fingerprint density at radius 3 is 2.90 bits per heavy atom. The number of halogens is 1. The molecule has 8 nitrogen and oxygen atoms in total. The van der Waals surface area contributed by atoms with Gasteiger partial charge in [0, 0.05) is 42.7 Å². The van der Waals surface area contributed by atoms with E-state index >= 15 is 0 Å². The van der Waals surface area contributed by atoms with Crippen molar-refractivity contribution in [1.82, 2.24) is 30.0 Å². The van der Waals surface area contributed by atoms with Crippen LogP contribution in [0, 0.1) is 0 Å². The molecule has 156 valence electrons. The first-order chi connectivity index (χ1) is 14.4. The van der Waals surface area contributed by atoms with Crippen LogP contribution >= 0.6 is 0 Å². The summed E-state index contributed by atoms with van der Waals surface area (Å²) in [5, 5.41) is 22.3. The SMILES string of the molecule is CN(c1ncc(-c2ccc(-n3ccnc3)cc2O)nn1)[C@H]1C[C@]2(C)CC[C@@H](N2)[C@@H]1F. The van der Waals surface area contributed by atoms with Gasteiger partial charge >= 0.3 is 0 Å². The molecule has 2 aliphatic rings. The Morgan fingerprint density at radius 2 is 2.20 bits per heavy atom. The van der Waals surface area contributed by atoms with Gasteiger partial charge in [-0.25, -0.2) is 14.4 Å². The summed E-state index contributed by atoms with van der Waals surface area (Å²) in [4.78, 5) is 10.2. The van der Waals surface area contributed by atoms with Gasteiger partial charge in [0.1, 0.15) is 17.6 Å². The van der Waals surface area contributed by atoms with Crippen LogP contribution < -0.4 is 10.2 Å². The lowest BCUT2D eigenvalue weighted by Gasteiger charge is -2.42. The molecule has 9 heteroatoms. The van der Waals surface area contributed by atoms with Gasteiger partial charge in [-0.15, -0.1) is 10.2 Å². The van der Waals surface area contributed by atoms with Crippen molar-refractivity contribution >= 4 is 5.95 Å². The molecular formula is C21H24FN7O. The molecule has 30 heavy (non-hydrogen) atoms. The second-order valence-corrected chi connectivity index (χ2v) is 8.49. The normalized spacial score (nSPS) is 27.9. The molecule has 0 aliphatic carbocycles. The van der Waals surface area contributed by atoms with Crippen LogP contribution in [0.3, 0.4) is 0 Å². The molecule has 2 saturated heterocycles. The number of alkyl halides is 1. The van der Waals surface area contributed by atoms with Crippen molar-refractivity contribution in [1.29, 1.82) is 0 Å². The molecule has 4 atom stereocenters. The molecule has 2 bridgehead atoms. The molecule has 2 aliphatic heterocycles. The van der Waals surface area contributed by atoms with Crippen molar-refractivity contribution in [3.05, 3.63) is 43.1 Å². The van der Waals surface area contributed by atoms with Gasteiger partial charge < -0.3 is 19.9 Å². The lowest BCUT2D eigenvalue weighted by atomic mass is 9.88. The molecule has 0 spiro atoms. The minimum Gasteiger partial charge on any atom is -0.507 e. The zero-order valence-electron chi connectivity index (χ0n) is 16.9. The number of phenols is 1.